The van der Waals surface area contributed by atoms with Crippen LogP contribution >= 0.6 is 0 Å². The summed E-state index contributed by atoms with van der Waals surface area (Å²) in [5.74, 6) is -1.31. The van der Waals surface area contributed by atoms with Gasteiger partial charge in [-0.2, -0.15) is 17.9 Å². The first kappa shape index (κ1) is 23.6. The molecule has 1 aromatic heterocycles. The Morgan fingerprint density at radius 1 is 1.17 bits per heavy atom. The molecule has 0 aliphatic carbocycles. The van der Waals surface area contributed by atoms with Gasteiger partial charge in [-0.25, -0.2) is 4.39 Å². The van der Waals surface area contributed by atoms with Crippen LogP contribution in [0.5, 0.6) is 5.75 Å². The second kappa shape index (κ2) is 9.17. The first-order valence-electron chi connectivity index (χ1n) is 11.1. The fourth-order valence-electron chi connectivity index (χ4n) is 4.92. The summed E-state index contributed by atoms with van der Waals surface area (Å²) < 4.78 is 72.1. The number of halogens is 4. The molecule has 3 aromatic rings. The summed E-state index contributed by atoms with van der Waals surface area (Å²) in [6.07, 6.45) is -4.21. The van der Waals surface area contributed by atoms with Gasteiger partial charge in [0.25, 0.3) is 5.82 Å². The number of nitrogens with one attached hydrogen (secondary N) is 1. The maximum absolute atomic E-state index is 13.5. The Balaban J connectivity index is 1.51. The molecule has 186 valence electrons. The van der Waals surface area contributed by atoms with Crippen LogP contribution in [0.4, 0.5) is 17.6 Å². The normalized spacial score (nSPS) is 25.1. The average molecular weight is 493 g/mol. The minimum absolute atomic E-state index is 0.149. The van der Waals surface area contributed by atoms with E-state index in [1.165, 1.54) is 25.3 Å². The molecule has 5 rings (SSSR count). The lowest BCUT2D eigenvalue weighted by molar-refractivity contribution is -0.171. The lowest BCUT2D eigenvalue weighted by Crippen LogP contribution is -2.57. The highest BCUT2D eigenvalue weighted by atomic mass is 19.4. The highest BCUT2D eigenvalue weighted by Crippen LogP contribution is 2.45. The zero-order chi connectivity index (χ0) is 24.6. The monoisotopic (exact) mass is 493 g/mol. The molecule has 0 amide bonds. The summed E-state index contributed by atoms with van der Waals surface area (Å²) in [6, 6.07) is 10.6. The molecule has 2 saturated heterocycles. The van der Waals surface area contributed by atoms with Crippen LogP contribution in [0.3, 0.4) is 0 Å². The zero-order valence-corrected chi connectivity index (χ0v) is 18.8. The van der Waals surface area contributed by atoms with Gasteiger partial charge in [-0.15, -0.1) is 5.10 Å². The molecule has 2 aliphatic rings. The number of hydrogen-bond acceptors (Lipinski definition) is 7. The molecule has 0 radical (unpaired) electrons. The van der Waals surface area contributed by atoms with E-state index in [0.717, 1.165) is 5.56 Å². The Morgan fingerprint density at radius 3 is 2.71 bits per heavy atom. The number of ether oxygens (including phenoxy) is 3. The Hall–Kier alpha value is -3.09. The van der Waals surface area contributed by atoms with Crippen LogP contribution in [-0.4, -0.2) is 59.3 Å². The minimum Gasteiger partial charge on any atom is -0.496 e. The number of morpholine rings is 1. The van der Waals surface area contributed by atoms with Crippen molar-refractivity contribution < 1.29 is 31.8 Å². The number of aromatic nitrogens is 4. The van der Waals surface area contributed by atoms with Gasteiger partial charge in [0.2, 0.25) is 0 Å². The Bertz CT molecular complexity index is 1180. The molecular formula is C23H23F4N5O3. The molecule has 3 atom stereocenters. The SMILES string of the molecule is COc1ccc(-n2nnnc2C(F)(F)F)cc1[C@H]1COCC2(C1)OCCN[C@H]2c1ccc(F)cc1. The molecule has 2 aromatic carbocycles. The summed E-state index contributed by atoms with van der Waals surface area (Å²) in [6.45, 7) is 1.71. The first-order chi connectivity index (χ1) is 16.8. The highest BCUT2D eigenvalue weighted by Gasteiger charge is 2.48. The number of methoxy groups -OCH3 is 1. The van der Waals surface area contributed by atoms with Crippen LogP contribution in [0.1, 0.15) is 35.3 Å². The van der Waals surface area contributed by atoms with Crippen molar-refractivity contribution in [1.82, 2.24) is 25.5 Å². The lowest BCUT2D eigenvalue weighted by atomic mass is 9.77. The van der Waals surface area contributed by atoms with Crippen molar-refractivity contribution in [3.05, 3.63) is 65.2 Å². The molecule has 2 aliphatic heterocycles. The van der Waals surface area contributed by atoms with Crippen molar-refractivity contribution in [2.24, 2.45) is 0 Å². The molecule has 1 spiro atoms. The number of hydrogen-bond donors (Lipinski definition) is 1. The van der Waals surface area contributed by atoms with Gasteiger partial charge >= 0.3 is 6.18 Å². The quantitative estimate of drug-likeness (QED) is 0.558. The molecule has 2 fully saturated rings. The van der Waals surface area contributed by atoms with E-state index in [2.05, 4.69) is 20.8 Å². The van der Waals surface area contributed by atoms with E-state index in [1.54, 1.807) is 24.3 Å². The molecule has 1 unspecified atom stereocenters. The maximum Gasteiger partial charge on any atom is 0.453 e. The Labute approximate surface area is 198 Å². The van der Waals surface area contributed by atoms with Gasteiger partial charge in [-0.05, 0) is 52.7 Å². The van der Waals surface area contributed by atoms with Gasteiger partial charge in [-0.1, -0.05) is 12.1 Å². The third-order valence-electron chi connectivity index (χ3n) is 6.45. The zero-order valence-electron chi connectivity index (χ0n) is 18.8. The van der Waals surface area contributed by atoms with E-state index < -0.39 is 17.6 Å². The van der Waals surface area contributed by atoms with Crippen LogP contribution in [0, 0.1) is 5.82 Å². The van der Waals surface area contributed by atoms with Crippen molar-refractivity contribution in [2.45, 2.75) is 30.2 Å². The largest absolute Gasteiger partial charge is 0.496 e. The number of tetrazole rings is 1. The number of benzene rings is 2. The van der Waals surface area contributed by atoms with Crippen molar-refractivity contribution >= 4 is 0 Å². The summed E-state index contributed by atoms with van der Waals surface area (Å²) in [7, 11) is 1.50. The van der Waals surface area contributed by atoms with Gasteiger partial charge < -0.3 is 19.5 Å². The Morgan fingerprint density at radius 2 is 1.97 bits per heavy atom. The van der Waals surface area contributed by atoms with Crippen LogP contribution in [0.2, 0.25) is 0 Å². The number of nitrogens with zero attached hydrogens (tertiary/aromatic N) is 4. The van der Waals surface area contributed by atoms with Crippen LogP contribution in [-0.2, 0) is 15.7 Å². The van der Waals surface area contributed by atoms with Crippen molar-refractivity contribution in [2.75, 3.05) is 33.5 Å². The van der Waals surface area contributed by atoms with E-state index in [1.807, 2.05) is 0 Å². The van der Waals surface area contributed by atoms with E-state index >= 15 is 0 Å². The molecule has 1 N–H and O–H groups in total. The predicted molar refractivity (Wildman–Crippen MR) is 115 cm³/mol. The summed E-state index contributed by atoms with van der Waals surface area (Å²) in [5.41, 5.74) is 0.904. The van der Waals surface area contributed by atoms with Crippen molar-refractivity contribution in [3.63, 3.8) is 0 Å². The van der Waals surface area contributed by atoms with Crippen molar-refractivity contribution in [1.29, 1.82) is 0 Å². The van der Waals surface area contributed by atoms with Gasteiger partial charge in [0.1, 0.15) is 17.2 Å². The van der Waals surface area contributed by atoms with E-state index in [4.69, 9.17) is 14.2 Å². The third kappa shape index (κ3) is 4.48. The predicted octanol–water partition coefficient (Wildman–Crippen LogP) is 3.43. The summed E-state index contributed by atoms with van der Waals surface area (Å²) in [4.78, 5) is 0. The standard InChI is InChI=1S/C23H23F4N5O3/c1-33-19-7-6-17(32-21(23(25,26)27)29-30-31-32)10-18(19)15-11-22(13-34-12-15)20(28-8-9-35-22)14-2-4-16(24)5-3-14/h2-7,10,15,20,28H,8-9,11-13H2,1H3/t15-,20+,22?/m1/s1. The first-order valence-corrected chi connectivity index (χ1v) is 11.1. The number of alkyl halides is 3. The fourth-order valence-corrected chi connectivity index (χ4v) is 4.92. The van der Waals surface area contributed by atoms with Crippen LogP contribution in [0.15, 0.2) is 42.5 Å². The molecule has 8 nitrogen and oxygen atoms in total. The van der Waals surface area contributed by atoms with E-state index in [9.17, 15) is 17.6 Å². The van der Waals surface area contributed by atoms with Crippen molar-refractivity contribution in [3.8, 4) is 11.4 Å². The van der Waals surface area contributed by atoms with Gasteiger partial charge in [0.15, 0.2) is 0 Å². The molecule has 0 bridgehead atoms. The molecule has 0 saturated carbocycles. The Kier molecular flexibility index (Phi) is 6.20. The molecule has 35 heavy (non-hydrogen) atoms. The minimum atomic E-state index is -4.72. The number of rotatable bonds is 4. The highest BCUT2D eigenvalue weighted by molar-refractivity contribution is 5.46. The summed E-state index contributed by atoms with van der Waals surface area (Å²) >= 11 is 0. The lowest BCUT2D eigenvalue weighted by Gasteiger charge is -2.48. The molecule has 3 heterocycles. The van der Waals surface area contributed by atoms with Gasteiger partial charge in [-0.3, -0.25) is 0 Å². The third-order valence-corrected chi connectivity index (χ3v) is 6.45. The average Bonchev–Trinajstić information content (AvgIpc) is 3.36. The second-order valence-electron chi connectivity index (χ2n) is 8.61. The topological polar surface area (TPSA) is 83.3 Å². The van der Waals surface area contributed by atoms with Gasteiger partial charge in [0.05, 0.1) is 38.7 Å². The van der Waals surface area contributed by atoms with E-state index in [0.29, 0.717) is 48.8 Å². The molecule has 12 heteroatoms. The molecular weight excluding hydrogens is 470 g/mol. The van der Waals surface area contributed by atoms with E-state index in [-0.39, 0.29) is 23.5 Å². The van der Waals surface area contributed by atoms with Crippen LogP contribution in [0.25, 0.3) is 5.69 Å². The maximum atomic E-state index is 13.5. The smallest absolute Gasteiger partial charge is 0.453 e. The summed E-state index contributed by atoms with van der Waals surface area (Å²) in [5, 5.41) is 13.3. The second-order valence-corrected chi connectivity index (χ2v) is 8.61. The fraction of sp³-hybridized carbons (Fsp3) is 0.435. The van der Waals surface area contributed by atoms with Gasteiger partial charge in [0, 0.05) is 18.0 Å². The van der Waals surface area contributed by atoms with Crippen LogP contribution < -0.4 is 10.1 Å².